The molecule has 4 nitrogen and oxygen atoms in total. The summed E-state index contributed by atoms with van der Waals surface area (Å²) in [4.78, 5) is 6.80. The molecule has 0 bridgehead atoms. The van der Waals surface area contributed by atoms with Gasteiger partial charge in [-0.1, -0.05) is 23.8 Å². The molecule has 3 aromatic rings. The first-order valence-corrected chi connectivity index (χ1v) is 9.16. The third kappa shape index (κ3) is 2.78. The quantitative estimate of drug-likeness (QED) is 0.708. The van der Waals surface area contributed by atoms with Crippen molar-refractivity contribution in [2.75, 3.05) is 4.90 Å². The molecule has 1 N–H and O–H groups in total. The number of nitrogens with one attached hydrogen (secondary N) is 1. The molecule has 2 aromatic heterocycles. The highest BCUT2D eigenvalue weighted by Crippen LogP contribution is 2.41. The molecule has 0 amide bonds. The van der Waals surface area contributed by atoms with Gasteiger partial charge >= 0.3 is 0 Å². The highest BCUT2D eigenvalue weighted by Gasteiger charge is 2.41. The maximum atomic E-state index is 5.74. The van der Waals surface area contributed by atoms with Crippen molar-refractivity contribution in [1.29, 1.82) is 0 Å². The summed E-state index contributed by atoms with van der Waals surface area (Å²) in [5, 5.41) is 4.23. The van der Waals surface area contributed by atoms with Crippen LogP contribution in [0.15, 0.2) is 60.8 Å². The van der Waals surface area contributed by atoms with Gasteiger partial charge in [-0.15, -0.1) is 0 Å². The topological polar surface area (TPSA) is 33.1 Å². The summed E-state index contributed by atoms with van der Waals surface area (Å²) < 4.78 is 2.23. The summed E-state index contributed by atoms with van der Waals surface area (Å²) in [5.41, 5.74) is 5.76. The van der Waals surface area contributed by atoms with E-state index in [4.69, 9.17) is 12.2 Å². The predicted molar refractivity (Wildman–Crippen MR) is 109 cm³/mol. The van der Waals surface area contributed by atoms with Gasteiger partial charge in [-0.2, -0.15) is 0 Å². The van der Waals surface area contributed by atoms with Crippen LogP contribution in [0.4, 0.5) is 5.69 Å². The molecule has 1 aromatic carbocycles. The third-order valence-corrected chi connectivity index (χ3v) is 5.44. The number of pyridine rings is 1. The van der Waals surface area contributed by atoms with Crippen molar-refractivity contribution in [2.45, 2.75) is 25.9 Å². The first-order chi connectivity index (χ1) is 12.6. The molecule has 1 aliphatic heterocycles. The van der Waals surface area contributed by atoms with Gasteiger partial charge in [0, 0.05) is 30.3 Å². The molecular weight excluding hydrogens is 340 g/mol. The highest BCUT2D eigenvalue weighted by atomic mass is 32.1. The molecule has 5 heteroatoms. The molecule has 2 unspecified atom stereocenters. The maximum Gasteiger partial charge on any atom is 0.174 e. The zero-order valence-corrected chi connectivity index (χ0v) is 16.0. The van der Waals surface area contributed by atoms with Crippen LogP contribution in [0.2, 0.25) is 0 Å². The van der Waals surface area contributed by atoms with Crippen molar-refractivity contribution >= 4 is 23.0 Å². The molecule has 26 heavy (non-hydrogen) atoms. The van der Waals surface area contributed by atoms with Crippen LogP contribution >= 0.6 is 12.2 Å². The second-order valence-corrected chi connectivity index (χ2v) is 7.18. The normalized spacial score (nSPS) is 19.7. The van der Waals surface area contributed by atoms with Crippen molar-refractivity contribution in [3.8, 4) is 0 Å². The first-order valence-electron chi connectivity index (χ1n) is 8.76. The Morgan fingerprint density at radius 1 is 1.00 bits per heavy atom. The number of aryl methyl sites for hydroxylation is 2. The Labute approximate surface area is 159 Å². The third-order valence-electron chi connectivity index (χ3n) is 5.12. The standard InChI is InChI=1S/C21H22N4S/c1-14-7-10-16(11-8-14)25-20(18-12-9-15(2)24(18)3)19(23-21(25)26)17-6-4-5-13-22-17/h4-13,19-20H,1-3H3,(H,23,26). The van der Waals surface area contributed by atoms with Gasteiger partial charge in [0.25, 0.3) is 0 Å². The first kappa shape index (κ1) is 16.8. The van der Waals surface area contributed by atoms with Gasteiger partial charge in [0.1, 0.15) is 6.04 Å². The molecular formula is C21H22N4S. The van der Waals surface area contributed by atoms with Crippen LogP contribution in [0.5, 0.6) is 0 Å². The number of anilines is 1. The van der Waals surface area contributed by atoms with E-state index in [1.165, 1.54) is 17.0 Å². The SMILES string of the molecule is Cc1ccc(N2C(=S)NC(c3ccccn3)C2c2ccc(C)n2C)cc1. The molecule has 0 spiro atoms. The average molecular weight is 363 g/mol. The summed E-state index contributed by atoms with van der Waals surface area (Å²) >= 11 is 5.74. The molecule has 4 rings (SSSR count). The zero-order valence-electron chi connectivity index (χ0n) is 15.2. The van der Waals surface area contributed by atoms with E-state index in [1.54, 1.807) is 0 Å². The molecule has 1 aliphatic rings. The van der Waals surface area contributed by atoms with Gasteiger partial charge in [0.05, 0.1) is 11.7 Å². The molecule has 1 fully saturated rings. The van der Waals surface area contributed by atoms with E-state index < -0.39 is 0 Å². The highest BCUT2D eigenvalue weighted by molar-refractivity contribution is 7.80. The Balaban J connectivity index is 1.85. The van der Waals surface area contributed by atoms with Gasteiger partial charge < -0.3 is 14.8 Å². The minimum atomic E-state index is -0.00185. The number of hydrogen-bond acceptors (Lipinski definition) is 2. The Morgan fingerprint density at radius 2 is 1.77 bits per heavy atom. The summed E-state index contributed by atoms with van der Waals surface area (Å²) in [5.74, 6) is 0. The lowest BCUT2D eigenvalue weighted by Crippen LogP contribution is -2.30. The monoisotopic (exact) mass is 362 g/mol. The average Bonchev–Trinajstić information content (AvgIpc) is 3.16. The number of aromatic nitrogens is 2. The lowest BCUT2D eigenvalue weighted by Gasteiger charge is -2.28. The smallest absolute Gasteiger partial charge is 0.174 e. The molecule has 0 radical (unpaired) electrons. The predicted octanol–water partition coefficient (Wildman–Crippen LogP) is 4.21. The van der Waals surface area contributed by atoms with Crippen molar-refractivity contribution in [3.63, 3.8) is 0 Å². The van der Waals surface area contributed by atoms with Gasteiger partial charge in [-0.3, -0.25) is 4.98 Å². The van der Waals surface area contributed by atoms with Crippen LogP contribution in [0.25, 0.3) is 0 Å². The van der Waals surface area contributed by atoms with E-state index in [-0.39, 0.29) is 12.1 Å². The molecule has 3 heterocycles. The summed E-state index contributed by atoms with van der Waals surface area (Å²) in [6.45, 7) is 4.22. The van der Waals surface area contributed by atoms with Crippen LogP contribution in [0.1, 0.15) is 34.7 Å². The van der Waals surface area contributed by atoms with Crippen LogP contribution < -0.4 is 10.2 Å². The zero-order chi connectivity index (χ0) is 18.3. The summed E-state index contributed by atoms with van der Waals surface area (Å²) in [6, 6.07) is 18.9. The fraction of sp³-hybridized carbons (Fsp3) is 0.238. The van der Waals surface area contributed by atoms with Crippen molar-refractivity contribution in [3.05, 3.63) is 83.4 Å². The number of rotatable bonds is 3. The van der Waals surface area contributed by atoms with Crippen LogP contribution in [-0.4, -0.2) is 14.7 Å². The summed E-state index contributed by atoms with van der Waals surface area (Å²) in [6.07, 6.45) is 1.84. The van der Waals surface area contributed by atoms with E-state index in [9.17, 15) is 0 Å². The van der Waals surface area contributed by atoms with Crippen molar-refractivity contribution in [1.82, 2.24) is 14.9 Å². The molecule has 2 atom stereocenters. The molecule has 0 aliphatic carbocycles. The lowest BCUT2D eigenvalue weighted by atomic mass is 10.0. The van der Waals surface area contributed by atoms with E-state index in [2.05, 4.69) is 83.1 Å². The van der Waals surface area contributed by atoms with Gasteiger partial charge in [-0.25, -0.2) is 0 Å². The van der Waals surface area contributed by atoms with Crippen LogP contribution in [0.3, 0.4) is 0 Å². The van der Waals surface area contributed by atoms with Gasteiger partial charge in [0.2, 0.25) is 0 Å². The van der Waals surface area contributed by atoms with Crippen LogP contribution in [0, 0.1) is 13.8 Å². The van der Waals surface area contributed by atoms with E-state index in [1.807, 2.05) is 18.3 Å². The van der Waals surface area contributed by atoms with Crippen LogP contribution in [-0.2, 0) is 7.05 Å². The Bertz CT molecular complexity index is 930. The maximum absolute atomic E-state index is 5.74. The number of hydrogen-bond donors (Lipinski definition) is 1. The second kappa shape index (κ2) is 6.57. The Morgan fingerprint density at radius 3 is 2.38 bits per heavy atom. The van der Waals surface area contributed by atoms with Gasteiger partial charge in [-0.05, 0) is 62.5 Å². The largest absolute Gasteiger partial charge is 0.351 e. The second-order valence-electron chi connectivity index (χ2n) is 6.79. The Hall–Kier alpha value is -2.66. The lowest BCUT2D eigenvalue weighted by molar-refractivity contribution is 0.539. The molecule has 0 saturated carbocycles. The minimum absolute atomic E-state index is 0.00185. The fourth-order valence-corrected chi connectivity index (χ4v) is 3.91. The number of benzene rings is 1. The molecule has 132 valence electrons. The fourth-order valence-electron chi connectivity index (χ4n) is 3.57. The van der Waals surface area contributed by atoms with Crippen molar-refractivity contribution < 1.29 is 0 Å². The molecule has 1 saturated heterocycles. The number of thiocarbonyl (C=S) groups is 1. The van der Waals surface area contributed by atoms with Gasteiger partial charge in [0.15, 0.2) is 5.11 Å². The van der Waals surface area contributed by atoms with E-state index >= 15 is 0 Å². The van der Waals surface area contributed by atoms with E-state index in [0.717, 1.165) is 16.5 Å². The van der Waals surface area contributed by atoms with Crippen molar-refractivity contribution in [2.24, 2.45) is 7.05 Å². The minimum Gasteiger partial charge on any atom is -0.351 e. The number of nitrogens with zero attached hydrogens (tertiary/aromatic N) is 3. The van der Waals surface area contributed by atoms with E-state index in [0.29, 0.717) is 0 Å². The Kier molecular flexibility index (Phi) is 4.24. The summed E-state index contributed by atoms with van der Waals surface area (Å²) in [7, 11) is 2.11.